The van der Waals surface area contributed by atoms with Gasteiger partial charge in [0, 0.05) is 11.3 Å². The number of thioether (sulfide) groups is 1. The van der Waals surface area contributed by atoms with Gasteiger partial charge >= 0.3 is 6.18 Å². The minimum absolute atomic E-state index is 0.124. The molecule has 5 nitrogen and oxygen atoms in total. The van der Waals surface area contributed by atoms with E-state index in [1.807, 2.05) is 0 Å². The third-order valence-corrected chi connectivity index (χ3v) is 5.04. The average molecular weight is 433 g/mol. The number of nitrogens with zero attached hydrogens (tertiary/aromatic N) is 2. The van der Waals surface area contributed by atoms with Crippen LogP contribution in [0.4, 0.5) is 18.9 Å². The number of alkyl halides is 3. The van der Waals surface area contributed by atoms with E-state index in [0.717, 1.165) is 17.8 Å². The number of methoxy groups -OCH3 is 1. The Labute approximate surface area is 175 Å². The van der Waals surface area contributed by atoms with E-state index in [4.69, 9.17) is 4.74 Å². The molecule has 1 amide bonds. The summed E-state index contributed by atoms with van der Waals surface area (Å²) in [5, 5.41) is 1.86. The third-order valence-electron chi connectivity index (χ3n) is 4.07. The van der Waals surface area contributed by atoms with Crippen LogP contribution in [0, 0.1) is 0 Å². The lowest BCUT2D eigenvalue weighted by atomic mass is 10.1. The second kappa shape index (κ2) is 9.17. The number of carbonyl (C=O) groups is 1. The Bertz CT molecular complexity index is 1010. The van der Waals surface area contributed by atoms with Gasteiger partial charge in [-0.2, -0.15) is 13.2 Å². The normalized spacial score (nSPS) is 12.3. The Morgan fingerprint density at radius 3 is 2.33 bits per heavy atom. The van der Waals surface area contributed by atoms with Gasteiger partial charge in [-0.15, -0.1) is 0 Å². The molecule has 0 aliphatic rings. The van der Waals surface area contributed by atoms with Crippen LogP contribution in [0.2, 0.25) is 0 Å². The van der Waals surface area contributed by atoms with E-state index < -0.39 is 17.1 Å². The van der Waals surface area contributed by atoms with Crippen molar-refractivity contribution in [1.29, 1.82) is 0 Å². The van der Waals surface area contributed by atoms with Gasteiger partial charge in [-0.05, 0) is 37.3 Å². The third kappa shape index (κ3) is 5.50. The predicted octanol–water partition coefficient (Wildman–Crippen LogP) is 5.29. The van der Waals surface area contributed by atoms with Crippen molar-refractivity contribution in [1.82, 2.24) is 9.97 Å². The topological polar surface area (TPSA) is 64.1 Å². The molecule has 2 aromatic carbocycles. The average Bonchev–Trinajstić information content (AvgIpc) is 2.74. The maximum Gasteiger partial charge on any atom is 0.433 e. The molecule has 0 radical (unpaired) electrons. The van der Waals surface area contributed by atoms with Crippen LogP contribution < -0.4 is 10.1 Å². The molecular weight excluding hydrogens is 415 g/mol. The number of hydrogen-bond donors (Lipinski definition) is 1. The van der Waals surface area contributed by atoms with Crippen LogP contribution in [-0.2, 0) is 11.0 Å². The fourth-order valence-corrected chi connectivity index (χ4v) is 3.29. The first-order chi connectivity index (χ1) is 14.3. The minimum Gasteiger partial charge on any atom is -0.497 e. The summed E-state index contributed by atoms with van der Waals surface area (Å²) >= 11 is 0.859. The first kappa shape index (κ1) is 21.6. The quantitative estimate of drug-likeness (QED) is 0.423. The van der Waals surface area contributed by atoms with Gasteiger partial charge in [-0.3, -0.25) is 4.79 Å². The molecule has 30 heavy (non-hydrogen) atoms. The predicted molar refractivity (Wildman–Crippen MR) is 109 cm³/mol. The van der Waals surface area contributed by atoms with Gasteiger partial charge in [-0.1, -0.05) is 42.1 Å². The van der Waals surface area contributed by atoms with Crippen LogP contribution in [0.15, 0.2) is 65.8 Å². The van der Waals surface area contributed by atoms with Crippen molar-refractivity contribution in [3.05, 3.63) is 66.4 Å². The van der Waals surface area contributed by atoms with E-state index in [-0.39, 0.29) is 16.8 Å². The molecule has 1 N–H and O–H groups in total. The molecule has 3 rings (SSSR count). The number of nitrogens with one attached hydrogen (secondary N) is 1. The number of benzene rings is 2. The molecule has 3 aromatic rings. The molecule has 1 aromatic heterocycles. The van der Waals surface area contributed by atoms with Gasteiger partial charge in [0.15, 0.2) is 5.16 Å². The Balaban J connectivity index is 1.80. The number of carbonyl (C=O) groups excluding carboxylic acids is 1. The molecule has 1 unspecified atom stereocenters. The van der Waals surface area contributed by atoms with Gasteiger partial charge in [0.1, 0.15) is 11.4 Å². The maximum atomic E-state index is 13.3. The Kier molecular flexibility index (Phi) is 6.61. The van der Waals surface area contributed by atoms with Crippen molar-refractivity contribution in [2.24, 2.45) is 0 Å². The number of amides is 1. The molecule has 156 valence electrons. The summed E-state index contributed by atoms with van der Waals surface area (Å²) in [7, 11) is 1.53. The molecule has 0 aliphatic heterocycles. The zero-order chi connectivity index (χ0) is 21.7. The highest BCUT2D eigenvalue weighted by Gasteiger charge is 2.34. The van der Waals surface area contributed by atoms with E-state index in [0.29, 0.717) is 17.0 Å². The van der Waals surface area contributed by atoms with E-state index in [1.165, 1.54) is 7.11 Å². The summed E-state index contributed by atoms with van der Waals surface area (Å²) in [6.45, 7) is 1.58. The molecule has 1 atom stereocenters. The Hall–Kier alpha value is -3.07. The molecular formula is C21H18F3N3O2S. The van der Waals surface area contributed by atoms with Crippen LogP contribution in [0.1, 0.15) is 12.6 Å². The molecule has 0 fully saturated rings. The zero-order valence-electron chi connectivity index (χ0n) is 16.1. The summed E-state index contributed by atoms with van der Waals surface area (Å²) < 4.78 is 45.0. The number of halogens is 3. The summed E-state index contributed by atoms with van der Waals surface area (Å²) in [5.74, 6) is 0.258. The van der Waals surface area contributed by atoms with Gasteiger partial charge in [0.25, 0.3) is 0 Å². The van der Waals surface area contributed by atoms with Crippen molar-refractivity contribution in [3.8, 4) is 17.0 Å². The number of aromatic nitrogens is 2. The lowest BCUT2D eigenvalue weighted by molar-refractivity contribution is -0.141. The second-order valence-corrected chi connectivity index (χ2v) is 7.57. The molecule has 0 aliphatic carbocycles. The summed E-state index contributed by atoms with van der Waals surface area (Å²) in [6, 6.07) is 16.1. The Morgan fingerprint density at radius 2 is 1.73 bits per heavy atom. The van der Waals surface area contributed by atoms with Crippen LogP contribution in [0.25, 0.3) is 11.3 Å². The number of ether oxygens (including phenoxy) is 1. The molecule has 0 spiro atoms. The van der Waals surface area contributed by atoms with Crippen LogP contribution in [-0.4, -0.2) is 28.2 Å². The maximum absolute atomic E-state index is 13.3. The van der Waals surface area contributed by atoms with E-state index >= 15 is 0 Å². The molecule has 0 bridgehead atoms. The smallest absolute Gasteiger partial charge is 0.433 e. The Morgan fingerprint density at radius 1 is 1.07 bits per heavy atom. The van der Waals surface area contributed by atoms with Gasteiger partial charge < -0.3 is 10.1 Å². The summed E-state index contributed by atoms with van der Waals surface area (Å²) in [6.07, 6.45) is -4.63. The molecule has 0 saturated carbocycles. The first-order valence-electron chi connectivity index (χ1n) is 8.89. The zero-order valence-corrected chi connectivity index (χ0v) is 16.9. The first-order valence-corrected chi connectivity index (χ1v) is 9.77. The van der Waals surface area contributed by atoms with Crippen molar-refractivity contribution < 1.29 is 22.7 Å². The van der Waals surface area contributed by atoms with Crippen molar-refractivity contribution >= 4 is 23.4 Å². The van der Waals surface area contributed by atoms with Crippen LogP contribution in [0.3, 0.4) is 0 Å². The van der Waals surface area contributed by atoms with Gasteiger partial charge in [0.2, 0.25) is 5.91 Å². The monoisotopic (exact) mass is 433 g/mol. The highest BCUT2D eigenvalue weighted by atomic mass is 32.2. The van der Waals surface area contributed by atoms with E-state index in [1.54, 1.807) is 61.5 Å². The fourth-order valence-electron chi connectivity index (χ4n) is 2.51. The molecule has 0 saturated heterocycles. The number of anilines is 1. The summed E-state index contributed by atoms with van der Waals surface area (Å²) in [4.78, 5) is 20.3. The highest BCUT2D eigenvalue weighted by molar-refractivity contribution is 8.00. The van der Waals surface area contributed by atoms with Crippen LogP contribution >= 0.6 is 11.8 Å². The number of rotatable bonds is 6. The standard InChI is InChI=1S/C21H18F3N3O2S/c1-13(19(28)25-15-8-10-16(29-2)11-9-15)30-20-26-17(14-6-4-3-5-7-14)12-18(27-20)21(22,23)24/h3-13H,1-2H3,(H,25,28). The fraction of sp³-hybridized carbons (Fsp3) is 0.190. The van der Waals surface area contributed by atoms with Crippen molar-refractivity contribution in [2.75, 3.05) is 12.4 Å². The van der Waals surface area contributed by atoms with Gasteiger partial charge in [0.05, 0.1) is 18.1 Å². The SMILES string of the molecule is COc1ccc(NC(=O)C(C)Sc2nc(-c3ccccc3)cc(C(F)(F)F)n2)cc1. The number of hydrogen-bond acceptors (Lipinski definition) is 5. The molecule has 1 heterocycles. The largest absolute Gasteiger partial charge is 0.497 e. The second-order valence-electron chi connectivity index (χ2n) is 6.26. The van der Waals surface area contributed by atoms with Gasteiger partial charge in [-0.25, -0.2) is 9.97 Å². The highest BCUT2D eigenvalue weighted by Crippen LogP contribution is 2.33. The van der Waals surface area contributed by atoms with E-state index in [9.17, 15) is 18.0 Å². The minimum atomic E-state index is -4.63. The van der Waals surface area contributed by atoms with E-state index in [2.05, 4.69) is 15.3 Å². The van der Waals surface area contributed by atoms with Crippen LogP contribution in [0.5, 0.6) is 5.75 Å². The summed E-state index contributed by atoms with van der Waals surface area (Å²) in [5.41, 5.74) is 0.163. The van der Waals surface area contributed by atoms with Crippen molar-refractivity contribution in [2.45, 2.75) is 23.5 Å². The van der Waals surface area contributed by atoms with Crippen molar-refractivity contribution in [3.63, 3.8) is 0 Å². The lowest BCUT2D eigenvalue weighted by Crippen LogP contribution is -2.23. The lowest BCUT2D eigenvalue weighted by Gasteiger charge is -2.14. The molecule has 9 heteroatoms.